The Morgan fingerprint density at radius 2 is 1.78 bits per heavy atom. The molecule has 1 unspecified atom stereocenters. The van der Waals surface area contributed by atoms with Crippen LogP contribution in [0.25, 0.3) is 0 Å². The van der Waals surface area contributed by atoms with Gasteiger partial charge in [0.05, 0.1) is 30.1 Å². The largest absolute Gasteiger partial charge is 0.375 e. The highest BCUT2D eigenvalue weighted by Gasteiger charge is 2.45. The number of amides is 3. The highest BCUT2D eigenvalue weighted by molar-refractivity contribution is 6.25. The summed E-state index contributed by atoms with van der Waals surface area (Å²) in [6, 6.07) is 4.38. The van der Waals surface area contributed by atoms with Crippen LogP contribution in [0.3, 0.4) is 0 Å². The molecule has 1 saturated carbocycles. The number of hydrogen-bond donors (Lipinski definition) is 1. The van der Waals surface area contributed by atoms with E-state index in [1.54, 1.807) is 23.1 Å². The normalized spacial score (nSPS) is 22.0. The van der Waals surface area contributed by atoms with Crippen molar-refractivity contribution >= 4 is 35.0 Å². The first-order chi connectivity index (χ1) is 15.3. The van der Waals surface area contributed by atoms with Gasteiger partial charge in [0.25, 0.3) is 11.8 Å². The van der Waals surface area contributed by atoms with E-state index in [9.17, 15) is 24.0 Å². The van der Waals surface area contributed by atoms with Gasteiger partial charge >= 0.3 is 0 Å². The highest BCUT2D eigenvalue weighted by atomic mass is 16.2. The molecule has 3 aliphatic rings. The lowest BCUT2D eigenvalue weighted by Crippen LogP contribution is -2.51. The Morgan fingerprint density at radius 3 is 2.44 bits per heavy atom. The van der Waals surface area contributed by atoms with Crippen LogP contribution in [0.15, 0.2) is 18.2 Å². The van der Waals surface area contributed by atoms with Crippen LogP contribution in [0.2, 0.25) is 0 Å². The molecular formula is C23H28N4O5. The number of imide groups is 1. The molecule has 3 amide bonds. The Labute approximate surface area is 186 Å². The average molecular weight is 441 g/mol. The van der Waals surface area contributed by atoms with E-state index >= 15 is 0 Å². The second-order valence-corrected chi connectivity index (χ2v) is 8.81. The van der Waals surface area contributed by atoms with E-state index in [0.717, 1.165) is 18.0 Å². The third-order valence-electron chi connectivity index (χ3n) is 6.53. The van der Waals surface area contributed by atoms with Crippen LogP contribution in [0.5, 0.6) is 0 Å². The Bertz CT molecular complexity index is 981. The van der Waals surface area contributed by atoms with Crippen molar-refractivity contribution in [3.05, 3.63) is 29.3 Å². The van der Waals surface area contributed by atoms with E-state index < -0.39 is 23.6 Å². The van der Waals surface area contributed by atoms with Crippen LogP contribution in [0, 0.1) is 0 Å². The molecule has 0 aromatic heterocycles. The predicted octanol–water partition coefficient (Wildman–Crippen LogP) is 0.938. The van der Waals surface area contributed by atoms with Crippen LogP contribution in [0.4, 0.5) is 5.69 Å². The molecule has 0 bridgehead atoms. The van der Waals surface area contributed by atoms with E-state index in [4.69, 9.17) is 0 Å². The number of fused-ring (bicyclic) bond motifs is 1. The molecule has 2 aliphatic heterocycles. The van der Waals surface area contributed by atoms with Crippen LogP contribution < -0.4 is 5.32 Å². The molecule has 9 nitrogen and oxygen atoms in total. The summed E-state index contributed by atoms with van der Waals surface area (Å²) in [5.41, 5.74) is 0.791. The minimum Gasteiger partial charge on any atom is -0.375 e. The van der Waals surface area contributed by atoms with E-state index in [-0.39, 0.29) is 48.6 Å². The minimum absolute atomic E-state index is 0.0104. The zero-order valence-electron chi connectivity index (χ0n) is 18.4. The topological polar surface area (TPSA) is 107 Å². The molecular weight excluding hydrogens is 412 g/mol. The van der Waals surface area contributed by atoms with Gasteiger partial charge < -0.3 is 10.2 Å². The molecule has 170 valence electrons. The number of rotatable bonds is 5. The van der Waals surface area contributed by atoms with E-state index in [2.05, 4.69) is 24.1 Å². The number of nitrogens with one attached hydrogen (secondary N) is 1. The SMILES string of the molecule is CC(C)N1CCN(C(=O)CNc2cccc3c2C(=O)N(C2CCC(=O)CC2=O)C3=O)CC1. The summed E-state index contributed by atoms with van der Waals surface area (Å²) in [4.78, 5) is 67.7. The number of anilines is 1. The Hall–Kier alpha value is -3.07. The number of nitrogens with zero attached hydrogens (tertiary/aromatic N) is 3. The fourth-order valence-electron chi connectivity index (χ4n) is 4.64. The maximum absolute atomic E-state index is 13.1. The molecule has 4 rings (SSSR count). The summed E-state index contributed by atoms with van der Waals surface area (Å²) in [6.45, 7) is 7.23. The van der Waals surface area contributed by atoms with Crippen molar-refractivity contribution in [3.63, 3.8) is 0 Å². The average Bonchev–Trinajstić information content (AvgIpc) is 3.03. The van der Waals surface area contributed by atoms with Gasteiger partial charge in [0.1, 0.15) is 5.78 Å². The summed E-state index contributed by atoms with van der Waals surface area (Å²) in [5.74, 6) is -1.73. The van der Waals surface area contributed by atoms with Gasteiger partial charge in [-0.1, -0.05) is 6.07 Å². The van der Waals surface area contributed by atoms with Gasteiger partial charge in [0.2, 0.25) is 5.91 Å². The first-order valence-electron chi connectivity index (χ1n) is 11.1. The van der Waals surface area contributed by atoms with E-state index in [0.29, 0.717) is 24.8 Å². The quantitative estimate of drug-likeness (QED) is 0.536. The number of carbonyl (C=O) groups excluding carboxylic acids is 5. The molecule has 2 fully saturated rings. The van der Waals surface area contributed by atoms with Crippen molar-refractivity contribution in [1.82, 2.24) is 14.7 Å². The Morgan fingerprint density at radius 1 is 1.06 bits per heavy atom. The molecule has 1 N–H and O–H groups in total. The van der Waals surface area contributed by atoms with Gasteiger partial charge in [-0.3, -0.25) is 33.8 Å². The number of hydrogen-bond acceptors (Lipinski definition) is 7. The number of piperazine rings is 1. The number of benzene rings is 1. The number of carbonyl (C=O) groups is 5. The molecule has 9 heteroatoms. The van der Waals surface area contributed by atoms with E-state index in [1.807, 2.05) is 0 Å². The Kier molecular flexibility index (Phi) is 6.10. The third-order valence-corrected chi connectivity index (χ3v) is 6.53. The number of Topliss-reactive ketones (excluding diaryl/α,β-unsaturated/α-hetero) is 2. The van der Waals surface area contributed by atoms with Gasteiger partial charge in [-0.2, -0.15) is 0 Å². The summed E-state index contributed by atoms with van der Waals surface area (Å²) in [7, 11) is 0. The summed E-state index contributed by atoms with van der Waals surface area (Å²) >= 11 is 0. The van der Waals surface area contributed by atoms with Gasteiger partial charge in [-0.25, -0.2) is 0 Å². The van der Waals surface area contributed by atoms with Gasteiger partial charge in [-0.15, -0.1) is 0 Å². The van der Waals surface area contributed by atoms with Gasteiger partial charge in [-0.05, 0) is 32.4 Å². The maximum Gasteiger partial charge on any atom is 0.264 e. The predicted molar refractivity (Wildman–Crippen MR) is 116 cm³/mol. The molecule has 32 heavy (non-hydrogen) atoms. The lowest BCUT2D eigenvalue weighted by atomic mass is 9.92. The van der Waals surface area contributed by atoms with Crippen molar-refractivity contribution in [2.75, 3.05) is 38.0 Å². The third kappa shape index (κ3) is 4.04. The van der Waals surface area contributed by atoms with Crippen molar-refractivity contribution in [1.29, 1.82) is 0 Å². The van der Waals surface area contributed by atoms with Gasteiger partial charge in [0.15, 0.2) is 5.78 Å². The lowest BCUT2D eigenvalue weighted by Gasteiger charge is -2.37. The number of ketones is 2. The fraction of sp³-hybridized carbons (Fsp3) is 0.522. The standard InChI is InChI=1S/C23H28N4O5/c1-14(2)25-8-10-26(11-9-25)20(30)13-24-17-5-3-4-16-21(17)23(32)27(22(16)31)18-7-6-15(28)12-19(18)29/h3-5,14,18,24H,6-13H2,1-2H3. The minimum atomic E-state index is -0.910. The summed E-state index contributed by atoms with van der Waals surface area (Å²) in [5, 5.41) is 3.03. The van der Waals surface area contributed by atoms with Gasteiger partial charge in [0, 0.05) is 44.3 Å². The molecule has 2 heterocycles. The first kappa shape index (κ1) is 22.1. The van der Waals surface area contributed by atoms with Crippen LogP contribution >= 0.6 is 0 Å². The van der Waals surface area contributed by atoms with Crippen LogP contribution in [-0.4, -0.2) is 88.8 Å². The maximum atomic E-state index is 13.1. The summed E-state index contributed by atoms with van der Waals surface area (Å²) < 4.78 is 0. The zero-order valence-corrected chi connectivity index (χ0v) is 18.4. The van der Waals surface area contributed by atoms with E-state index in [1.165, 1.54) is 0 Å². The van der Waals surface area contributed by atoms with Crippen LogP contribution in [-0.2, 0) is 14.4 Å². The monoisotopic (exact) mass is 440 g/mol. The van der Waals surface area contributed by atoms with Crippen LogP contribution in [0.1, 0.15) is 53.8 Å². The Balaban J connectivity index is 1.45. The first-order valence-corrected chi connectivity index (χ1v) is 11.1. The summed E-state index contributed by atoms with van der Waals surface area (Å²) in [6.07, 6.45) is 0.0853. The fourth-order valence-corrected chi connectivity index (χ4v) is 4.64. The van der Waals surface area contributed by atoms with Crippen molar-refractivity contribution in [3.8, 4) is 0 Å². The highest BCUT2D eigenvalue weighted by Crippen LogP contribution is 2.33. The molecule has 0 radical (unpaired) electrons. The molecule has 1 aromatic rings. The van der Waals surface area contributed by atoms with Crippen molar-refractivity contribution < 1.29 is 24.0 Å². The van der Waals surface area contributed by atoms with Crippen molar-refractivity contribution in [2.45, 2.75) is 45.2 Å². The second-order valence-electron chi connectivity index (χ2n) is 8.81. The molecule has 1 aromatic carbocycles. The lowest BCUT2D eigenvalue weighted by molar-refractivity contribution is -0.133. The molecule has 0 spiro atoms. The molecule has 1 saturated heterocycles. The smallest absolute Gasteiger partial charge is 0.264 e. The van der Waals surface area contributed by atoms with Crippen molar-refractivity contribution in [2.24, 2.45) is 0 Å². The zero-order chi connectivity index (χ0) is 23.0. The molecule has 1 aliphatic carbocycles. The second kappa shape index (κ2) is 8.82. The molecule has 1 atom stereocenters.